The zero-order valence-electron chi connectivity index (χ0n) is 12.8. The Kier molecular flexibility index (Phi) is 5.30. The van der Waals surface area contributed by atoms with Crippen LogP contribution in [0.1, 0.15) is 10.4 Å². The van der Waals surface area contributed by atoms with Crippen molar-refractivity contribution in [3.05, 3.63) is 59.9 Å². The van der Waals surface area contributed by atoms with Crippen LogP contribution in [-0.2, 0) is 9.53 Å². The molecule has 0 fully saturated rings. The minimum atomic E-state index is -0.903. The van der Waals surface area contributed by atoms with Gasteiger partial charge >= 0.3 is 5.97 Å². The van der Waals surface area contributed by atoms with E-state index >= 15 is 0 Å². The number of hydrogen-bond donors (Lipinski definition) is 0. The number of methoxy groups -OCH3 is 1. The average Bonchev–Trinajstić information content (AvgIpc) is 2.59. The van der Waals surface area contributed by atoms with Gasteiger partial charge in [0.05, 0.1) is 12.7 Å². The average molecular weight is 317 g/mol. The first kappa shape index (κ1) is 16.5. The summed E-state index contributed by atoms with van der Waals surface area (Å²) in [6, 6.07) is 12.7. The molecule has 23 heavy (non-hydrogen) atoms. The molecular formula is C17H16FNO4. The second kappa shape index (κ2) is 7.40. The van der Waals surface area contributed by atoms with Gasteiger partial charge < -0.3 is 14.4 Å². The van der Waals surface area contributed by atoms with Gasteiger partial charge in [0.15, 0.2) is 6.61 Å². The van der Waals surface area contributed by atoms with E-state index in [4.69, 9.17) is 9.47 Å². The van der Waals surface area contributed by atoms with E-state index in [1.54, 1.807) is 31.3 Å². The molecule has 0 heterocycles. The Labute approximate surface area is 133 Å². The number of hydrogen-bond acceptors (Lipinski definition) is 4. The highest BCUT2D eigenvalue weighted by Crippen LogP contribution is 2.17. The third kappa shape index (κ3) is 4.06. The molecule has 0 aromatic heterocycles. The predicted octanol–water partition coefficient (Wildman–Crippen LogP) is 2.65. The van der Waals surface area contributed by atoms with Crippen molar-refractivity contribution in [2.24, 2.45) is 0 Å². The molecule has 2 rings (SSSR count). The number of carbonyl (C=O) groups excluding carboxylic acids is 2. The van der Waals surface area contributed by atoms with Gasteiger partial charge in [-0.25, -0.2) is 9.18 Å². The van der Waals surface area contributed by atoms with Gasteiger partial charge in [-0.2, -0.15) is 0 Å². The summed E-state index contributed by atoms with van der Waals surface area (Å²) in [6.45, 7) is -0.476. The summed E-state index contributed by atoms with van der Waals surface area (Å²) in [5.74, 6) is -1.80. The zero-order valence-corrected chi connectivity index (χ0v) is 12.8. The van der Waals surface area contributed by atoms with Crippen LogP contribution in [0.4, 0.5) is 10.1 Å². The molecule has 0 saturated heterocycles. The lowest BCUT2D eigenvalue weighted by atomic mass is 10.2. The van der Waals surface area contributed by atoms with Crippen LogP contribution in [0.5, 0.6) is 5.75 Å². The van der Waals surface area contributed by atoms with Gasteiger partial charge in [0.2, 0.25) is 0 Å². The lowest BCUT2D eigenvalue weighted by molar-refractivity contribution is -0.121. The molecular weight excluding hydrogens is 301 g/mol. The SMILES string of the molecule is COc1ccc(C(=O)OCC(=O)N(C)c2ccccc2)c(F)c1. The summed E-state index contributed by atoms with van der Waals surface area (Å²) in [5, 5.41) is 0. The molecule has 6 heteroatoms. The van der Waals surface area contributed by atoms with E-state index in [0.29, 0.717) is 11.4 Å². The van der Waals surface area contributed by atoms with Crippen molar-refractivity contribution >= 4 is 17.6 Å². The number of ether oxygens (including phenoxy) is 2. The second-order valence-corrected chi connectivity index (χ2v) is 4.71. The number of nitrogens with zero attached hydrogens (tertiary/aromatic N) is 1. The van der Waals surface area contributed by atoms with E-state index in [9.17, 15) is 14.0 Å². The molecule has 2 aromatic carbocycles. The van der Waals surface area contributed by atoms with Gasteiger partial charge in [-0.05, 0) is 24.3 Å². The molecule has 0 aliphatic heterocycles. The predicted molar refractivity (Wildman–Crippen MR) is 83.1 cm³/mol. The number of para-hydroxylation sites is 1. The van der Waals surface area contributed by atoms with Crippen LogP contribution < -0.4 is 9.64 Å². The highest BCUT2D eigenvalue weighted by Gasteiger charge is 2.17. The van der Waals surface area contributed by atoms with Gasteiger partial charge in [-0.1, -0.05) is 18.2 Å². The summed E-state index contributed by atoms with van der Waals surface area (Å²) >= 11 is 0. The molecule has 0 saturated carbocycles. The quantitative estimate of drug-likeness (QED) is 0.796. The maximum atomic E-state index is 13.8. The van der Waals surface area contributed by atoms with E-state index in [0.717, 1.165) is 6.07 Å². The topological polar surface area (TPSA) is 55.8 Å². The molecule has 5 nitrogen and oxygen atoms in total. The van der Waals surface area contributed by atoms with Gasteiger partial charge in [0.1, 0.15) is 11.6 Å². The molecule has 0 N–H and O–H groups in total. The van der Waals surface area contributed by atoms with Crippen LogP contribution >= 0.6 is 0 Å². The fraction of sp³-hybridized carbons (Fsp3) is 0.176. The van der Waals surface area contributed by atoms with Crippen molar-refractivity contribution in [1.82, 2.24) is 0 Å². The third-order valence-electron chi connectivity index (χ3n) is 3.24. The van der Waals surface area contributed by atoms with Crippen molar-refractivity contribution < 1.29 is 23.5 Å². The first-order chi connectivity index (χ1) is 11.0. The van der Waals surface area contributed by atoms with E-state index in [-0.39, 0.29) is 5.56 Å². The first-order valence-corrected chi connectivity index (χ1v) is 6.85. The molecule has 0 unspecified atom stereocenters. The molecule has 0 radical (unpaired) electrons. The molecule has 1 amide bonds. The third-order valence-corrected chi connectivity index (χ3v) is 3.24. The van der Waals surface area contributed by atoms with Gasteiger partial charge in [-0.15, -0.1) is 0 Å². The van der Waals surface area contributed by atoms with Crippen LogP contribution in [-0.4, -0.2) is 32.6 Å². The Morgan fingerprint density at radius 3 is 2.43 bits per heavy atom. The number of halogens is 1. The summed E-state index contributed by atoms with van der Waals surface area (Å²) < 4.78 is 23.5. The maximum Gasteiger partial charge on any atom is 0.341 e. The van der Waals surface area contributed by atoms with E-state index in [1.165, 1.54) is 24.1 Å². The largest absolute Gasteiger partial charge is 0.497 e. The highest BCUT2D eigenvalue weighted by atomic mass is 19.1. The van der Waals surface area contributed by atoms with Crippen molar-refractivity contribution in [3.8, 4) is 5.75 Å². The summed E-state index contributed by atoms with van der Waals surface area (Å²) in [6.07, 6.45) is 0. The Morgan fingerprint density at radius 2 is 1.83 bits per heavy atom. The molecule has 0 aliphatic carbocycles. The van der Waals surface area contributed by atoms with Crippen molar-refractivity contribution in [2.45, 2.75) is 0 Å². The second-order valence-electron chi connectivity index (χ2n) is 4.71. The van der Waals surface area contributed by atoms with Crippen LogP contribution in [0.15, 0.2) is 48.5 Å². The number of benzene rings is 2. The van der Waals surface area contributed by atoms with Crippen molar-refractivity contribution in [3.63, 3.8) is 0 Å². The van der Waals surface area contributed by atoms with Crippen molar-refractivity contribution in [1.29, 1.82) is 0 Å². The summed E-state index contributed by atoms with van der Waals surface area (Å²) in [5.41, 5.74) is 0.421. The molecule has 120 valence electrons. The smallest absolute Gasteiger partial charge is 0.341 e. The number of amides is 1. The highest BCUT2D eigenvalue weighted by molar-refractivity contribution is 5.96. The Balaban J connectivity index is 1.97. The minimum Gasteiger partial charge on any atom is -0.497 e. The summed E-state index contributed by atoms with van der Waals surface area (Å²) in [7, 11) is 2.96. The van der Waals surface area contributed by atoms with Crippen LogP contribution in [0.3, 0.4) is 0 Å². The van der Waals surface area contributed by atoms with Crippen LogP contribution in [0.25, 0.3) is 0 Å². The lowest BCUT2D eigenvalue weighted by Crippen LogP contribution is -2.31. The molecule has 0 aliphatic rings. The van der Waals surface area contributed by atoms with Crippen molar-refractivity contribution in [2.75, 3.05) is 25.7 Å². The fourth-order valence-electron chi connectivity index (χ4n) is 1.89. The normalized spacial score (nSPS) is 10.0. The monoisotopic (exact) mass is 317 g/mol. The zero-order chi connectivity index (χ0) is 16.8. The van der Waals surface area contributed by atoms with Gasteiger partial charge in [0.25, 0.3) is 5.91 Å². The number of esters is 1. The Hall–Kier alpha value is -2.89. The number of likely N-dealkylation sites (N-methyl/N-ethyl adjacent to an activating group) is 1. The number of anilines is 1. The molecule has 0 spiro atoms. The standard InChI is InChI=1S/C17H16FNO4/c1-19(12-6-4-3-5-7-12)16(20)11-23-17(21)14-9-8-13(22-2)10-15(14)18/h3-10H,11H2,1-2H3. The molecule has 2 aromatic rings. The number of carbonyl (C=O) groups is 2. The van der Waals surface area contributed by atoms with E-state index in [1.807, 2.05) is 6.07 Å². The Morgan fingerprint density at radius 1 is 1.13 bits per heavy atom. The van der Waals surface area contributed by atoms with Crippen LogP contribution in [0, 0.1) is 5.82 Å². The van der Waals surface area contributed by atoms with E-state index in [2.05, 4.69) is 0 Å². The van der Waals surface area contributed by atoms with E-state index < -0.39 is 24.3 Å². The Bertz CT molecular complexity index is 703. The molecule has 0 bridgehead atoms. The first-order valence-electron chi connectivity index (χ1n) is 6.85. The van der Waals surface area contributed by atoms with Crippen LogP contribution in [0.2, 0.25) is 0 Å². The minimum absolute atomic E-state index is 0.249. The lowest BCUT2D eigenvalue weighted by Gasteiger charge is -2.17. The molecule has 0 atom stereocenters. The fourth-order valence-corrected chi connectivity index (χ4v) is 1.89. The number of rotatable bonds is 5. The van der Waals surface area contributed by atoms with Gasteiger partial charge in [0, 0.05) is 18.8 Å². The maximum absolute atomic E-state index is 13.8. The van der Waals surface area contributed by atoms with Gasteiger partial charge in [-0.3, -0.25) is 4.79 Å². The summed E-state index contributed by atoms with van der Waals surface area (Å²) in [4.78, 5) is 25.2.